The Morgan fingerprint density at radius 2 is 1.83 bits per heavy atom. The Morgan fingerprint density at radius 3 is 2.67 bits per heavy atom. The van der Waals surface area contributed by atoms with Crippen molar-refractivity contribution in [2.45, 2.75) is 13.8 Å². The number of thiazole rings is 1. The van der Waals surface area contributed by atoms with Crippen molar-refractivity contribution >= 4 is 43.4 Å². The maximum Gasteiger partial charge on any atom is 0.257 e. The van der Waals surface area contributed by atoms with E-state index in [1.165, 1.54) is 16.9 Å². The van der Waals surface area contributed by atoms with Gasteiger partial charge in [-0.2, -0.15) is 0 Å². The van der Waals surface area contributed by atoms with Crippen molar-refractivity contribution in [2.75, 3.05) is 5.32 Å². The summed E-state index contributed by atoms with van der Waals surface area (Å²) in [5, 5.41) is 5.82. The first kappa shape index (κ1) is 14.8. The molecule has 1 heterocycles. The number of nitrogens with zero attached hydrogens (tertiary/aromatic N) is 1. The Hall–Kier alpha value is -2.72. The van der Waals surface area contributed by atoms with Crippen LogP contribution in [0.5, 0.6) is 0 Å². The maximum atomic E-state index is 12.5. The molecule has 0 saturated heterocycles. The minimum atomic E-state index is -0.124. The quantitative estimate of drug-likeness (QED) is 0.540. The highest BCUT2D eigenvalue weighted by atomic mass is 32.1. The van der Waals surface area contributed by atoms with Crippen LogP contribution in [0, 0.1) is 13.8 Å². The number of amides is 1. The molecule has 0 aliphatic rings. The minimum absolute atomic E-state index is 0.124. The SMILES string of the molecule is Cc1ccc(C(=O)Nc2nc3c(ccc4ccccc43)s2)cc1C. The van der Waals surface area contributed by atoms with Crippen LogP contribution in [-0.4, -0.2) is 10.9 Å². The second-order valence-electron chi connectivity index (χ2n) is 5.91. The summed E-state index contributed by atoms with van der Waals surface area (Å²) < 4.78 is 1.07. The number of carbonyl (C=O) groups is 1. The summed E-state index contributed by atoms with van der Waals surface area (Å²) in [6.45, 7) is 4.05. The standard InChI is InChI=1S/C20H16N2OS/c1-12-7-8-15(11-13(12)2)19(23)22-20-21-18-16-6-4-3-5-14(16)9-10-17(18)24-20/h3-11H,1-2H3,(H,21,22,23). The van der Waals surface area contributed by atoms with Crippen LogP contribution in [0.4, 0.5) is 5.13 Å². The number of aryl methyl sites for hydroxylation is 2. The molecule has 0 aliphatic carbocycles. The van der Waals surface area contributed by atoms with Gasteiger partial charge < -0.3 is 0 Å². The topological polar surface area (TPSA) is 42.0 Å². The van der Waals surface area contributed by atoms with Gasteiger partial charge in [-0.3, -0.25) is 10.1 Å². The molecule has 4 heteroatoms. The number of nitrogens with one attached hydrogen (secondary N) is 1. The lowest BCUT2D eigenvalue weighted by Crippen LogP contribution is -2.11. The van der Waals surface area contributed by atoms with E-state index in [0.29, 0.717) is 10.7 Å². The van der Waals surface area contributed by atoms with Crippen LogP contribution in [0.2, 0.25) is 0 Å². The minimum Gasteiger partial charge on any atom is -0.298 e. The summed E-state index contributed by atoms with van der Waals surface area (Å²) in [7, 11) is 0. The molecule has 4 aromatic rings. The molecule has 0 fully saturated rings. The molecule has 24 heavy (non-hydrogen) atoms. The molecular weight excluding hydrogens is 316 g/mol. The summed E-state index contributed by atoms with van der Waals surface area (Å²) in [6.07, 6.45) is 0. The molecule has 118 valence electrons. The number of anilines is 1. The molecule has 4 rings (SSSR count). The maximum absolute atomic E-state index is 12.5. The normalized spacial score (nSPS) is 11.1. The highest BCUT2D eigenvalue weighted by Crippen LogP contribution is 2.31. The zero-order valence-corrected chi connectivity index (χ0v) is 14.3. The van der Waals surface area contributed by atoms with E-state index in [1.807, 2.05) is 44.2 Å². The van der Waals surface area contributed by atoms with Crippen molar-refractivity contribution in [2.24, 2.45) is 0 Å². The zero-order valence-electron chi connectivity index (χ0n) is 13.5. The lowest BCUT2D eigenvalue weighted by molar-refractivity contribution is 0.102. The Morgan fingerprint density at radius 1 is 1.00 bits per heavy atom. The van der Waals surface area contributed by atoms with E-state index in [2.05, 4.69) is 34.6 Å². The van der Waals surface area contributed by atoms with Gasteiger partial charge in [0.15, 0.2) is 5.13 Å². The molecule has 0 aliphatic heterocycles. The van der Waals surface area contributed by atoms with Gasteiger partial charge in [-0.25, -0.2) is 4.98 Å². The largest absolute Gasteiger partial charge is 0.298 e. The van der Waals surface area contributed by atoms with Gasteiger partial charge in [-0.1, -0.05) is 47.7 Å². The molecule has 0 saturated carbocycles. The Labute approximate surface area is 144 Å². The summed E-state index contributed by atoms with van der Waals surface area (Å²) in [6, 6.07) is 18.0. The highest BCUT2D eigenvalue weighted by Gasteiger charge is 2.12. The predicted octanol–water partition coefficient (Wildman–Crippen LogP) is 5.32. The first-order chi connectivity index (χ1) is 11.6. The Balaban J connectivity index is 1.70. The van der Waals surface area contributed by atoms with Crippen molar-refractivity contribution in [1.29, 1.82) is 0 Å². The van der Waals surface area contributed by atoms with Gasteiger partial charge in [0.1, 0.15) is 0 Å². The molecule has 3 nitrogen and oxygen atoms in total. The van der Waals surface area contributed by atoms with Crippen LogP contribution >= 0.6 is 11.3 Å². The van der Waals surface area contributed by atoms with Crippen molar-refractivity contribution in [1.82, 2.24) is 4.98 Å². The van der Waals surface area contributed by atoms with Crippen LogP contribution in [0.15, 0.2) is 54.6 Å². The highest BCUT2D eigenvalue weighted by molar-refractivity contribution is 7.22. The average Bonchev–Trinajstić information content (AvgIpc) is 3.00. The number of aromatic nitrogens is 1. The molecular formula is C20H16N2OS. The molecule has 3 aromatic carbocycles. The van der Waals surface area contributed by atoms with E-state index in [4.69, 9.17) is 0 Å². The fraction of sp³-hybridized carbons (Fsp3) is 0.100. The van der Waals surface area contributed by atoms with Crippen LogP contribution in [0.25, 0.3) is 21.0 Å². The second-order valence-corrected chi connectivity index (χ2v) is 6.94. The van der Waals surface area contributed by atoms with E-state index in [9.17, 15) is 4.79 Å². The van der Waals surface area contributed by atoms with E-state index < -0.39 is 0 Å². The second kappa shape index (κ2) is 5.73. The fourth-order valence-electron chi connectivity index (χ4n) is 2.77. The van der Waals surface area contributed by atoms with Crippen LogP contribution in [0.3, 0.4) is 0 Å². The molecule has 0 atom stereocenters. The van der Waals surface area contributed by atoms with Crippen molar-refractivity contribution < 1.29 is 4.79 Å². The lowest BCUT2D eigenvalue weighted by Gasteiger charge is -2.04. The molecule has 1 N–H and O–H groups in total. The summed E-state index contributed by atoms with van der Waals surface area (Å²) in [5.41, 5.74) is 3.88. The number of rotatable bonds is 2. The fourth-order valence-corrected chi connectivity index (χ4v) is 3.64. The van der Waals surface area contributed by atoms with E-state index >= 15 is 0 Å². The van der Waals surface area contributed by atoms with Gasteiger partial charge in [0, 0.05) is 10.9 Å². The third-order valence-corrected chi connectivity index (χ3v) is 5.21. The van der Waals surface area contributed by atoms with Crippen molar-refractivity contribution in [3.8, 4) is 0 Å². The van der Waals surface area contributed by atoms with Gasteiger partial charge in [-0.15, -0.1) is 0 Å². The third-order valence-electron chi connectivity index (χ3n) is 4.27. The van der Waals surface area contributed by atoms with Gasteiger partial charge in [0.05, 0.1) is 10.2 Å². The van der Waals surface area contributed by atoms with Crippen molar-refractivity contribution in [3.63, 3.8) is 0 Å². The number of hydrogen-bond donors (Lipinski definition) is 1. The summed E-state index contributed by atoms with van der Waals surface area (Å²) in [5.74, 6) is -0.124. The molecule has 1 aromatic heterocycles. The monoisotopic (exact) mass is 332 g/mol. The van der Waals surface area contributed by atoms with Crippen molar-refractivity contribution in [3.05, 3.63) is 71.3 Å². The number of benzene rings is 3. The molecule has 0 bridgehead atoms. The number of hydrogen-bond acceptors (Lipinski definition) is 3. The van der Waals surface area contributed by atoms with Gasteiger partial charge in [-0.05, 0) is 48.6 Å². The Bertz CT molecular complexity index is 1080. The van der Waals surface area contributed by atoms with Gasteiger partial charge in [0.2, 0.25) is 0 Å². The molecule has 0 spiro atoms. The van der Waals surface area contributed by atoms with Gasteiger partial charge in [0.25, 0.3) is 5.91 Å². The van der Waals surface area contributed by atoms with Gasteiger partial charge >= 0.3 is 0 Å². The summed E-state index contributed by atoms with van der Waals surface area (Å²) >= 11 is 1.50. The smallest absolute Gasteiger partial charge is 0.257 e. The first-order valence-corrected chi connectivity index (χ1v) is 8.60. The number of carbonyl (C=O) groups excluding carboxylic acids is 1. The molecule has 0 unspecified atom stereocenters. The predicted molar refractivity (Wildman–Crippen MR) is 101 cm³/mol. The van der Waals surface area contributed by atoms with E-state index in [0.717, 1.165) is 26.6 Å². The van der Waals surface area contributed by atoms with Crippen LogP contribution < -0.4 is 5.32 Å². The van der Waals surface area contributed by atoms with E-state index in [-0.39, 0.29) is 5.91 Å². The van der Waals surface area contributed by atoms with E-state index in [1.54, 1.807) is 0 Å². The molecule has 0 radical (unpaired) electrons. The lowest BCUT2D eigenvalue weighted by atomic mass is 10.1. The third kappa shape index (κ3) is 2.55. The summed E-state index contributed by atoms with van der Waals surface area (Å²) in [4.78, 5) is 17.1. The molecule has 1 amide bonds. The van der Waals surface area contributed by atoms with Crippen LogP contribution in [0.1, 0.15) is 21.5 Å². The first-order valence-electron chi connectivity index (χ1n) is 7.79. The average molecular weight is 332 g/mol. The zero-order chi connectivity index (χ0) is 16.7. The number of fused-ring (bicyclic) bond motifs is 3. The Kier molecular flexibility index (Phi) is 3.54. The van der Waals surface area contributed by atoms with Crippen LogP contribution in [-0.2, 0) is 0 Å².